The second-order valence-corrected chi connectivity index (χ2v) is 9.94. The quantitative estimate of drug-likeness (QED) is 0.261. The van der Waals surface area contributed by atoms with Gasteiger partial charge in [-0.1, -0.05) is 68.7 Å². The lowest BCUT2D eigenvalue weighted by Gasteiger charge is -2.33. The number of phenolic OH excluding ortho intramolecular Hbond substituents is 1. The molecule has 1 fully saturated rings. The predicted octanol–water partition coefficient (Wildman–Crippen LogP) is 4.64. The van der Waals surface area contributed by atoms with Gasteiger partial charge in [0, 0.05) is 25.7 Å². The van der Waals surface area contributed by atoms with Gasteiger partial charge in [-0.25, -0.2) is 4.79 Å². The van der Waals surface area contributed by atoms with Gasteiger partial charge in [0.25, 0.3) is 5.91 Å². The SMILES string of the molecule is C=CC(=O)N(CCN(CCc1ccc(O)c2c1OCC(=O)N2)C(=O)OCc1ccccc1)C1CCCCCC1. The topological polar surface area (TPSA) is 108 Å². The number of rotatable bonds is 10. The minimum Gasteiger partial charge on any atom is -0.506 e. The van der Waals surface area contributed by atoms with E-state index < -0.39 is 6.09 Å². The van der Waals surface area contributed by atoms with E-state index in [4.69, 9.17) is 9.47 Å². The molecule has 3 amide bonds. The molecule has 2 N–H and O–H groups in total. The number of amides is 3. The van der Waals surface area contributed by atoms with Gasteiger partial charge < -0.3 is 29.7 Å². The van der Waals surface area contributed by atoms with E-state index in [-0.39, 0.29) is 42.5 Å². The number of hydrogen-bond donors (Lipinski definition) is 2. The van der Waals surface area contributed by atoms with Crippen LogP contribution in [0.15, 0.2) is 55.1 Å². The molecule has 0 aromatic heterocycles. The number of nitrogens with zero attached hydrogens (tertiary/aromatic N) is 2. The highest BCUT2D eigenvalue weighted by Gasteiger charge is 2.27. The number of benzene rings is 2. The Morgan fingerprint density at radius 2 is 1.79 bits per heavy atom. The number of aromatic hydroxyl groups is 1. The number of carbonyl (C=O) groups is 3. The molecule has 2 aliphatic rings. The molecule has 1 saturated carbocycles. The Hall–Kier alpha value is -4.01. The number of nitrogens with one attached hydrogen (secondary N) is 1. The van der Waals surface area contributed by atoms with E-state index in [2.05, 4.69) is 11.9 Å². The van der Waals surface area contributed by atoms with Crippen molar-refractivity contribution in [3.63, 3.8) is 0 Å². The van der Waals surface area contributed by atoms with Crippen LogP contribution in [0.5, 0.6) is 11.5 Å². The highest BCUT2D eigenvalue weighted by Crippen LogP contribution is 2.39. The van der Waals surface area contributed by atoms with Crippen molar-refractivity contribution in [1.82, 2.24) is 9.80 Å². The Bertz CT molecular complexity index is 1160. The van der Waals surface area contributed by atoms with Gasteiger partial charge in [-0.15, -0.1) is 0 Å². The van der Waals surface area contributed by atoms with Gasteiger partial charge in [0.2, 0.25) is 5.91 Å². The zero-order chi connectivity index (χ0) is 27.6. The number of fused-ring (bicyclic) bond motifs is 1. The number of anilines is 1. The maximum absolute atomic E-state index is 13.3. The molecule has 9 nitrogen and oxygen atoms in total. The first-order chi connectivity index (χ1) is 19.0. The van der Waals surface area contributed by atoms with E-state index in [1.54, 1.807) is 11.0 Å². The highest BCUT2D eigenvalue weighted by atomic mass is 16.6. The van der Waals surface area contributed by atoms with Crippen molar-refractivity contribution in [2.24, 2.45) is 0 Å². The van der Waals surface area contributed by atoms with Crippen molar-refractivity contribution in [2.45, 2.75) is 57.6 Å². The average Bonchev–Trinajstić information content (AvgIpc) is 3.24. The second kappa shape index (κ2) is 13.7. The summed E-state index contributed by atoms with van der Waals surface area (Å²) < 4.78 is 11.3. The normalized spacial score (nSPS) is 15.2. The summed E-state index contributed by atoms with van der Waals surface area (Å²) in [4.78, 5) is 41.3. The number of phenols is 1. The van der Waals surface area contributed by atoms with Crippen molar-refractivity contribution in [3.05, 3.63) is 66.2 Å². The fourth-order valence-corrected chi connectivity index (χ4v) is 5.16. The highest BCUT2D eigenvalue weighted by molar-refractivity contribution is 5.97. The van der Waals surface area contributed by atoms with E-state index in [1.807, 2.05) is 35.2 Å². The van der Waals surface area contributed by atoms with Crippen molar-refractivity contribution in [1.29, 1.82) is 0 Å². The second-order valence-electron chi connectivity index (χ2n) is 9.94. The molecule has 1 aliphatic carbocycles. The summed E-state index contributed by atoms with van der Waals surface area (Å²) in [6, 6.07) is 12.8. The van der Waals surface area contributed by atoms with Crippen LogP contribution >= 0.6 is 0 Å². The van der Waals surface area contributed by atoms with Gasteiger partial charge in [0.15, 0.2) is 12.4 Å². The van der Waals surface area contributed by atoms with Gasteiger partial charge in [0.1, 0.15) is 18.0 Å². The lowest BCUT2D eigenvalue weighted by molar-refractivity contribution is -0.128. The molecule has 0 unspecified atom stereocenters. The van der Waals surface area contributed by atoms with Crippen LogP contribution in [0.2, 0.25) is 0 Å². The van der Waals surface area contributed by atoms with Gasteiger partial charge in [-0.2, -0.15) is 0 Å². The summed E-state index contributed by atoms with van der Waals surface area (Å²) in [6.45, 7) is 4.64. The summed E-state index contributed by atoms with van der Waals surface area (Å²) in [6.07, 6.45) is 7.66. The Balaban J connectivity index is 1.49. The number of ether oxygens (including phenoxy) is 2. The first kappa shape index (κ1) is 28.0. The van der Waals surface area contributed by atoms with Crippen LogP contribution in [-0.4, -0.2) is 65.1 Å². The Kier molecular flexibility index (Phi) is 9.83. The molecule has 1 heterocycles. The average molecular weight is 536 g/mol. The monoisotopic (exact) mass is 535 g/mol. The predicted molar refractivity (Wildman–Crippen MR) is 148 cm³/mol. The lowest BCUT2D eigenvalue weighted by atomic mass is 10.1. The largest absolute Gasteiger partial charge is 0.506 e. The molecule has 2 aromatic carbocycles. The number of carbonyl (C=O) groups excluding carboxylic acids is 3. The zero-order valence-electron chi connectivity index (χ0n) is 22.3. The van der Waals surface area contributed by atoms with E-state index >= 15 is 0 Å². The van der Waals surface area contributed by atoms with Crippen molar-refractivity contribution in [3.8, 4) is 11.5 Å². The third kappa shape index (κ3) is 7.52. The minimum absolute atomic E-state index is 0.0806. The van der Waals surface area contributed by atoms with Crippen molar-refractivity contribution < 1.29 is 29.0 Å². The van der Waals surface area contributed by atoms with Crippen LogP contribution in [0, 0.1) is 0 Å². The van der Waals surface area contributed by atoms with E-state index in [1.165, 1.54) is 25.0 Å². The zero-order valence-corrected chi connectivity index (χ0v) is 22.3. The van der Waals surface area contributed by atoms with Gasteiger partial charge in [-0.3, -0.25) is 9.59 Å². The summed E-state index contributed by atoms with van der Waals surface area (Å²) in [5, 5.41) is 12.8. The molecular weight excluding hydrogens is 498 g/mol. The first-order valence-electron chi connectivity index (χ1n) is 13.6. The molecule has 208 valence electrons. The molecule has 0 spiro atoms. The molecule has 0 atom stereocenters. The van der Waals surface area contributed by atoms with Crippen LogP contribution in [0.3, 0.4) is 0 Å². The molecule has 39 heavy (non-hydrogen) atoms. The fourth-order valence-electron chi connectivity index (χ4n) is 5.16. The molecule has 0 saturated heterocycles. The molecule has 0 bridgehead atoms. The van der Waals surface area contributed by atoms with Crippen LogP contribution < -0.4 is 10.1 Å². The van der Waals surface area contributed by atoms with E-state index in [0.717, 1.165) is 36.8 Å². The van der Waals surface area contributed by atoms with E-state index in [9.17, 15) is 19.5 Å². The summed E-state index contributed by atoms with van der Waals surface area (Å²) in [5.74, 6) is -0.153. The van der Waals surface area contributed by atoms with Crippen molar-refractivity contribution in [2.75, 3.05) is 31.6 Å². The third-order valence-corrected chi connectivity index (χ3v) is 7.28. The molecule has 1 aliphatic heterocycles. The standard InChI is InChI=1S/C30H37N3O6/c1-2-27(36)33(24-12-8-3-4-9-13-24)19-18-32(30(37)39-20-22-10-6-5-7-11-22)17-16-23-14-15-25(34)28-29(23)38-21-26(35)31-28/h2,5-7,10-11,14-15,24,34H,1,3-4,8-9,12-13,16-21H2,(H,31,35). The molecule has 2 aromatic rings. The molecule has 9 heteroatoms. The van der Waals surface area contributed by atoms with Crippen LogP contribution in [0.1, 0.15) is 49.7 Å². The van der Waals surface area contributed by atoms with Crippen LogP contribution in [-0.2, 0) is 27.4 Å². The minimum atomic E-state index is -0.479. The first-order valence-corrected chi connectivity index (χ1v) is 13.6. The van der Waals surface area contributed by atoms with Gasteiger partial charge >= 0.3 is 6.09 Å². The van der Waals surface area contributed by atoms with Crippen LogP contribution in [0.4, 0.5) is 10.5 Å². The van der Waals surface area contributed by atoms with Crippen molar-refractivity contribution >= 4 is 23.6 Å². The maximum atomic E-state index is 13.3. The molecular formula is C30H37N3O6. The lowest BCUT2D eigenvalue weighted by Crippen LogP contribution is -2.45. The fraction of sp³-hybridized carbons (Fsp3) is 0.433. The third-order valence-electron chi connectivity index (χ3n) is 7.28. The van der Waals surface area contributed by atoms with Gasteiger partial charge in [-0.05, 0) is 42.5 Å². The summed E-state index contributed by atoms with van der Waals surface area (Å²) in [7, 11) is 0. The maximum Gasteiger partial charge on any atom is 0.410 e. The Labute approximate surface area is 229 Å². The van der Waals surface area contributed by atoms with Gasteiger partial charge in [0.05, 0.1) is 0 Å². The van der Waals surface area contributed by atoms with E-state index in [0.29, 0.717) is 31.8 Å². The Morgan fingerprint density at radius 1 is 1.05 bits per heavy atom. The summed E-state index contributed by atoms with van der Waals surface area (Å²) in [5.41, 5.74) is 1.86. The Morgan fingerprint density at radius 3 is 2.51 bits per heavy atom. The smallest absolute Gasteiger partial charge is 0.410 e. The summed E-state index contributed by atoms with van der Waals surface area (Å²) >= 11 is 0. The molecule has 4 rings (SSSR count). The van der Waals surface area contributed by atoms with Crippen LogP contribution in [0.25, 0.3) is 0 Å². The molecule has 0 radical (unpaired) electrons. The number of hydrogen-bond acceptors (Lipinski definition) is 6.